The Morgan fingerprint density at radius 1 is 1.23 bits per heavy atom. The Hall–Kier alpha value is -1.44. The summed E-state index contributed by atoms with van der Waals surface area (Å²) >= 11 is 0. The molecule has 146 valence electrons. The van der Waals surface area contributed by atoms with Crippen LogP contribution in [-0.4, -0.2) is 56.8 Å². The zero-order valence-electron chi connectivity index (χ0n) is 16.3. The van der Waals surface area contributed by atoms with Crippen molar-refractivity contribution in [2.24, 2.45) is 11.1 Å². The monoisotopic (exact) mass is 381 g/mol. The van der Waals surface area contributed by atoms with E-state index in [-0.39, 0.29) is 16.2 Å². The smallest absolute Gasteiger partial charge is 0.253 e. The first-order chi connectivity index (χ1) is 12.1. The first kappa shape index (κ1) is 20.9. The lowest BCUT2D eigenvalue weighted by atomic mass is 9.93. The summed E-state index contributed by atoms with van der Waals surface area (Å²) in [5, 5.41) is 0. The minimum atomic E-state index is -3.56. The van der Waals surface area contributed by atoms with Crippen molar-refractivity contribution in [1.29, 1.82) is 0 Å². The maximum atomic E-state index is 12.9. The maximum Gasteiger partial charge on any atom is 0.253 e. The molecule has 0 aliphatic carbocycles. The number of hydrogen-bond donors (Lipinski definition) is 1. The van der Waals surface area contributed by atoms with Gasteiger partial charge in [0.15, 0.2) is 0 Å². The Labute approximate surface area is 157 Å². The van der Waals surface area contributed by atoms with E-state index in [4.69, 9.17) is 5.73 Å². The fourth-order valence-electron chi connectivity index (χ4n) is 3.23. The molecule has 1 aliphatic heterocycles. The van der Waals surface area contributed by atoms with Crippen molar-refractivity contribution in [1.82, 2.24) is 9.21 Å². The van der Waals surface area contributed by atoms with Crippen LogP contribution in [0.3, 0.4) is 0 Å². The summed E-state index contributed by atoms with van der Waals surface area (Å²) in [6, 6.07) is 4.83. The van der Waals surface area contributed by atoms with E-state index in [1.54, 1.807) is 24.1 Å². The van der Waals surface area contributed by atoms with Gasteiger partial charge in [-0.2, -0.15) is 4.31 Å². The fraction of sp³-hybridized carbons (Fsp3) is 0.632. The molecule has 1 heterocycles. The second-order valence-corrected chi connectivity index (χ2v) is 9.91. The van der Waals surface area contributed by atoms with Crippen LogP contribution in [0.15, 0.2) is 23.1 Å². The summed E-state index contributed by atoms with van der Waals surface area (Å²) in [4.78, 5) is 14.7. The number of aryl methyl sites for hydroxylation is 1. The Bertz CT molecular complexity index is 753. The van der Waals surface area contributed by atoms with Crippen molar-refractivity contribution < 1.29 is 13.2 Å². The third kappa shape index (κ3) is 4.64. The minimum absolute atomic E-state index is 0.181. The molecular formula is C19H31N3O3S. The number of carbonyl (C=O) groups is 1. The molecule has 6 nitrogen and oxygen atoms in total. The second kappa shape index (κ2) is 8.06. The molecule has 0 bridgehead atoms. The highest BCUT2D eigenvalue weighted by Gasteiger charge is 2.28. The number of carbonyl (C=O) groups excluding carboxylic acids is 1. The van der Waals surface area contributed by atoms with E-state index in [1.807, 2.05) is 20.8 Å². The average molecular weight is 382 g/mol. The molecule has 0 atom stereocenters. The Kier molecular flexibility index (Phi) is 6.47. The molecule has 1 amide bonds. The van der Waals surface area contributed by atoms with Crippen LogP contribution < -0.4 is 5.73 Å². The topological polar surface area (TPSA) is 83.7 Å². The Morgan fingerprint density at radius 3 is 2.42 bits per heavy atom. The molecule has 0 saturated carbocycles. The van der Waals surface area contributed by atoms with Crippen molar-refractivity contribution in [3.8, 4) is 0 Å². The van der Waals surface area contributed by atoms with Crippen LogP contribution in [0.25, 0.3) is 0 Å². The van der Waals surface area contributed by atoms with Crippen molar-refractivity contribution in [3.63, 3.8) is 0 Å². The number of rotatable bonds is 6. The molecule has 0 aromatic heterocycles. The van der Waals surface area contributed by atoms with Crippen molar-refractivity contribution in [2.45, 2.75) is 44.9 Å². The van der Waals surface area contributed by atoms with Crippen LogP contribution in [0, 0.1) is 12.3 Å². The van der Waals surface area contributed by atoms with Gasteiger partial charge in [-0.1, -0.05) is 26.3 Å². The molecule has 2 rings (SSSR count). The standard InChI is InChI=1S/C19H31N3O3S/c1-15-8-9-16(26(24,25)22-10-6-5-7-11-22)12-17(15)18(23)21(4)14-19(2,3)13-20/h8-9,12H,5-7,10-11,13-14,20H2,1-4H3. The molecule has 1 fully saturated rings. The molecule has 2 N–H and O–H groups in total. The van der Waals surface area contributed by atoms with Gasteiger partial charge in [0.1, 0.15) is 0 Å². The van der Waals surface area contributed by atoms with Gasteiger partial charge in [-0.3, -0.25) is 4.79 Å². The molecule has 1 saturated heterocycles. The van der Waals surface area contributed by atoms with Gasteiger partial charge in [-0.15, -0.1) is 0 Å². The average Bonchev–Trinajstić information content (AvgIpc) is 2.61. The van der Waals surface area contributed by atoms with Gasteiger partial charge in [0.05, 0.1) is 4.90 Å². The number of benzene rings is 1. The van der Waals surface area contributed by atoms with E-state index in [0.717, 1.165) is 24.8 Å². The van der Waals surface area contributed by atoms with Gasteiger partial charge >= 0.3 is 0 Å². The molecule has 1 aromatic rings. The molecule has 0 spiro atoms. The van der Waals surface area contributed by atoms with Crippen molar-refractivity contribution in [3.05, 3.63) is 29.3 Å². The zero-order valence-corrected chi connectivity index (χ0v) is 17.1. The highest BCUT2D eigenvalue weighted by Crippen LogP contribution is 2.24. The van der Waals surface area contributed by atoms with Crippen LogP contribution in [0.1, 0.15) is 49.0 Å². The Morgan fingerprint density at radius 2 is 1.85 bits per heavy atom. The number of nitrogens with zero attached hydrogens (tertiary/aromatic N) is 2. The quantitative estimate of drug-likeness (QED) is 0.819. The van der Waals surface area contributed by atoms with Crippen LogP contribution in [0.2, 0.25) is 0 Å². The van der Waals surface area contributed by atoms with Gasteiger partial charge in [-0.05, 0) is 49.4 Å². The molecule has 0 radical (unpaired) electrons. The number of sulfonamides is 1. The summed E-state index contributed by atoms with van der Waals surface area (Å²) in [6.45, 7) is 7.89. The molecular weight excluding hydrogens is 350 g/mol. The van der Waals surface area contributed by atoms with E-state index in [0.29, 0.717) is 31.7 Å². The Balaban J connectivity index is 2.30. The van der Waals surface area contributed by atoms with E-state index >= 15 is 0 Å². The van der Waals surface area contributed by atoms with E-state index in [2.05, 4.69) is 0 Å². The van der Waals surface area contributed by atoms with Crippen LogP contribution in [0.4, 0.5) is 0 Å². The third-order valence-electron chi connectivity index (χ3n) is 4.96. The first-order valence-electron chi connectivity index (χ1n) is 9.15. The summed E-state index contributed by atoms with van der Waals surface area (Å²) < 4.78 is 27.3. The summed E-state index contributed by atoms with van der Waals surface area (Å²) in [6.07, 6.45) is 2.83. The second-order valence-electron chi connectivity index (χ2n) is 7.97. The summed E-state index contributed by atoms with van der Waals surface area (Å²) in [5.41, 5.74) is 6.76. The maximum absolute atomic E-state index is 12.9. The van der Waals surface area contributed by atoms with E-state index in [1.165, 1.54) is 10.4 Å². The lowest BCUT2D eigenvalue weighted by molar-refractivity contribution is 0.0739. The van der Waals surface area contributed by atoms with E-state index in [9.17, 15) is 13.2 Å². The van der Waals surface area contributed by atoms with Crippen molar-refractivity contribution >= 4 is 15.9 Å². The lowest BCUT2D eigenvalue weighted by Gasteiger charge is -2.30. The fourth-order valence-corrected chi connectivity index (χ4v) is 4.77. The van der Waals surface area contributed by atoms with Gasteiger partial charge in [-0.25, -0.2) is 8.42 Å². The number of amides is 1. The van der Waals surface area contributed by atoms with Crippen LogP contribution in [0.5, 0.6) is 0 Å². The van der Waals surface area contributed by atoms with Gasteiger partial charge in [0.25, 0.3) is 5.91 Å². The van der Waals surface area contributed by atoms with Gasteiger partial charge in [0, 0.05) is 32.2 Å². The number of piperidine rings is 1. The van der Waals surface area contributed by atoms with Crippen LogP contribution in [-0.2, 0) is 10.0 Å². The molecule has 7 heteroatoms. The van der Waals surface area contributed by atoms with Crippen LogP contribution >= 0.6 is 0 Å². The largest absolute Gasteiger partial charge is 0.341 e. The first-order valence-corrected chi connectivity index (χ1v) is 10.6. The highest BCUT2D eigenvalue weighted by molar-refractivity contribution is 7.89. The molecule has 0 unspecified atom stereocenters. The predicted molar refractivity (Wildman–Crippen MR) is 104 cm³/mol. The number of nitrogens with two attached hydrogens (primary N) is 1. The number of hydrogen-bond acceptors (Lipinski definition) is 4. The highest BCUT2D eigenvalue weighted by atomic mass is 32.2. The zero-order chi connectivity index (χ0) is 19.5. The lowest BCUT2D eigenvalue weighted by Crippen LogP contribution is -2.40. The SMILES string of the molecule is Cc1ccc(S(=O)(=O)N2CCCCC2)cc1C(=O)N(C)CC(C)(C)CN. The van der Waals surface area contributed by atoms with Gasteiger partial charge < -0.3 is 10.6 Å². The predicted octanol–water partition coefficient (Wildman–Crippen LogP) is 2.23. The van der Waals surface area contributed by atoms with E-state index < -0.39 is 10.0 Å². The molecule has 1 aliphatic rings. The normalized spacial score (nSPS) is 16.5. The minimum Gasteiger partial charge on any atom is -0.341 e. The third-order valence-corrected chi connectivity index (χ3v) is 6.85. The van der Waals surface area contributed by atoms with Crippen molar-refractivity contribution in [2.75, 3.05) is 33.2 Å². The molecule has 26 heavy (non-hydrogen) atoms. The summed E-state index contributed by atoms with van der Waals surface area (Å²) in [7, 11) is -1.83. The van der Waals surface area contributed by atoms with Gasteiger partial charge in [0.2, 0.25) is 10.0 Å². The molecule has 1 aromatic carbocycles. The summed E-state index contributed by atoms with van der Waals surface area (Å²) in [5.74, 6) is -0.181.